The molecule has 0 aromatic carbocycles. The fourth-order valence-electron chi connectivity index (χ4n) is 1.48. The van der Waals surface area contributed by atoms with Gasteiger partial charge < -0.3 is 9.64 Å². The van der Waals surface area contributed by atoms with Gasteiger partial charge in [-0.1, -0.05) is 20.8 Å². The van der Waals surface area contributed by atoms with Crippen molar-refractivity contribution in [2.45, 2.75) is 33.8 Å². The first-order chi connectivity index (χ1) is 5.91. The lowest BCUT2D eigenvalue weighted by Gasteiger charge is -2.35. The number of hydrogen-bond donors (Lipinski definition) is 0. The van der Waals surface area contributed by atoms with Crippen molar-refractivity contribution in [2.24, 2.45) is 5.41 Å². The summed E-state index contributed by atoms with van der Waals surface area (Å²) >= 11 is 0. The van der Waals surface area contributed by atoms with Gasteiger partial charge in [-0.05, 0) is 6.92 Å². The lowest BCUT2D eigenvalue weighted by Crippen LogP contribution is -2.48. The van der Waals surface area contributed by atoms with Gasteiger partial charge in [0.05, 0.1) is 12.7 Å². The average Bonchev–Trinajstić information content (AvgIpc) is 2.01. The maximum atomic E-state index is 11.8. The Bertz CT molecular complexity index is 196. The van der Waals surface area contributed by atoms with Crippen LogP contribution in [0.3, 0.4) is 0 Å². The number of carbonyl (C=O) groups excluding carboxylic acids is 1. The second-order valence-corrected chi connectivity index (χ2v) is 4.68. The molecule has 1 amide bonds. The molecule has 0 spiro atoms. The minimum atomic E-state index is -0.267. The fraction of sp³-hybridized carbons (Fsp3) is 0.900. The summed E-state index contributed by atoms with van der Waals surface area (Å²) < 4.78 is 5.38. The molecule has 1 rings (SSSR count). The predicted octanol–water partition coefficient (Wildman–Crippen LogP) is 1.28. The van der Waals surface area contributed by atoms with Crippen LogP contribution in [-0.2, 0) is 9.53 Å². The van der Waals surface area contributed by atoms with Crippen LogP contribution >= 0.6 is 0 Å². The molecule has 3 nitrogen and oxygen atoms in total. The van der Waals surface area contributed by atoms with Crippen molar-refractivity contribution in [3.63, 3.8) is 0 Å². The topological polar surface area (TPSA) is 29.5 Å². The van der Waals surface area contributed by atoms with E-state index in [1.54, 1.807) is 0 Å². The van der Waals surface area contributed by atoms with Gasteiger partial charge in [-0.25, -0.2) is 0 Å². The Morgan fingerprint density at radius 1 is 1.46 bits per heavy atom. The molecule has 1 aliphatic heterocycles. The summed E-state index contributed by atoms with van der Waals surface area (Å²) in [7, 11) is 0. The van der Waals surface area contributed by atoms with Crippen molar-refractivity contribution < 1.29 is 9.53 Å². The normalized spacial score (nSPS) is 24.6. The highest BCUT2D eigenvalue weighted by molar-refractivity contribution is 5.81. The van der Waals surface area contributed by atoms with E-state index in [9.17, 15) is 4.79 Å². The molecule has 0 saturated carbocycles. The highest BCUT2D eigenvalue weighted by Gasteiger charge is 2.29. The van der Waals surface area contributed by atoms with E-state index in [1.165, 1.54) is 0 Å². The Labute approximate surface area is 80.1 Å². The zero-order valence-electron chi connectivity index (χ0n) is 8.96. The van der Waals surface area contributed by atoms with Gasteiger partial charge in [-0.3, -0.25) is 4.79 Å². The van der Waals surface area contributed by atoms with Crippen LogP contribution in [0.15, 0.2) is 0 Å². The SMILES string of the molecule is CC1CN(C(=O)C(C)(C)C)CCO1. The number of rotatable bonds is 0. The molecule has 13 heavy (non-hydrogen) atoms. The van der Waals surface area contributed by atoms with Gasteiger partial charge >= 0.3 is 0 Å². The number of amides is 1. The van der Waals surface area contributed by atoms with E-state index in [-0.39, 0.29) is 17.4 Å². The Balaban J connectivity index is 2.56. The third-order valence-electron chi connectivity index (χ3n) is 2.17. The highest BCUT2D eigenvalue weighted by Crippen LogP contribution is 2.19. The molecule has 0 aromatic heterocycles. The maximum Gasteiger partial charge on any atom is 0.228 e. The van der Waals surface area contributed by atoms with Crippen molar-refractivity contribution in [2.75, 3.05) is 19.7 Å². The molecular formula is C10H19NO2. The molecule has 0 aromatic rings. The Morgan fingerprint density at radius 2 is 2.08 bits per heavy atom. The first-order valence-corrected chi connectivity index (χ1v) is 4.82. The monoisotopic (exact) mass is 185 g/mol. The largest absolute Gasteiger partial charge is 0.375 e. The summed E-state index contributed by atoms with van der Waals surface area (Å²) in [6.07, 6.45) is 0.181. The number of nitrogens with zero attached hydrogens (tertiary/aromatic N) is 1. The molecule has 1 heterocycles. The Kier molecular flexibility index (Phi) is 2.96. The summed E-state index contributed by atoms with van der Waals surface area (Å²) in [4.78, 5) is 13.7. The molecule has 0 radical (unpaired) electrons. The van der Waals surface area contributed by atoms with Crippen molar-refractivity contribution in [3.05, 3.63) is 0 Å². The molecule has 1 unspecified atom stereocenters. The second kappa shape index (κ2) is 3.66. The smallest absolute Gasteiger partial charge is 0.228 e. The third kappa shape index (κ3) is 2.69. The maximum absolute atomic E-state index is 11.8. The van der Waals surface area contributed by atoms with Gasteiger partial charge in [0.15, 0.2) is 0 Å². The summed E-state index contributed by atoms with van der Waals surface area (Å²) in [6.45, 7) is 10.0. The van der Waals surface area contributed by atoms with Gasteiger partial charge in [0.25, 0.3) is 0 Å². The van der Waals surface area contributed by atoms with E-state index in [2.05, 4.69) is 0 Å². The van der Waals surface area contributed by atoms with Crippen molar-refractivity contribution in [1.29, 1.82) is 0 Å². The first kappa shape index (κ1) is 10.5. The molecular weight excluding hydrogens is 166 g/mol. The second-order valence-electron chi connectivity index (χ2n) is 4.68. The number of morpholine rings is 1. The van der Waals surface area contributed by atoms with E-state index in [1.807, 2.05) is 32.6 Å². The summed E-state index contributed by atoms with van der Waals surface area (Å²) in [5.41, 5.74) is -0.267. The predicted molar refractivity (Wildman–Crippen MR) is 51.4 cm³/mol. The molecule has 1 saturated heterocycles. The molecule has 1 atom stereocenters. The standard InChI is InChI=1S/C10H19NO2/c1-8-7-11(5-6-13-8)9(12)10(2,3)4/h8H,5-7H2,1-4H3. The van der Waals surface area contributed by atoms with Crippen LogP contribution in [0, 0.1) is 5.41 Å². The van der Waals surface area contributed by atoms with E-state index >= 15 is 0 Å². The van der Waals surface area contributed by atoms with Crippen molar-refractivity contribution in [3.8, 4) is 0 Å². The molecule has 0 bridgehead atoms. The van der Waals surface area contributed by atoms with Gasteiger partial charge in [-0.2, -0.15) is 0 Å². The van der Waals surface area contributed by atoms with Crippen molar-refractivity contribution in [1.82, 2.24) is 4.90 Å². The molecule has 76 valence electrons. The first-order valence-electron chi connectivity index (χ1n) is 4.82. The summed E-state index contributed by atoms with van der Waals surface area (Å²) in [6, 6.07) is 0. The number of hydrogen-bond acceptors (Lipinski definition) is 2. The molecule has 3 heteroatoms. The van der Waals surface area contributed by atoms with E-state index < -0.39 is 0 Å². The zero-order chi connectivity index (χ0) is 10.1. The fourth-order valence-corrected chi connectivity index (χ4v) is 1.48. The quantitative estimate of drug-likeness (QED) is 0.569. The van der Waals surface area contributed by atoms with Crippen LogP contribution in [0.2, 0.25) is 0 Å². The van der Waals surface area contributed by atoms with E-state index in [4.69, 9.17) is 4.74 Å². The van der Waals surface area contributed by atoms with Crippen LogP contribution in [0.4, 0.5) is 0 Å². The van der Waals surface area contributed by atoms with Crippen LogP contribution in [0.1, 0.15) is 27.7 Å². The zero-order valence-corrected chi connectivity index (χ0v) is 8.96. The molecule has 1 fully saturated rings. The minimum absolute atomic E-state index is 0.181. The van der Waals surface area contributed by atoms with Gasteiger partial charge in [-0.15, -0.1) is 0 Å². The van der Waals surface area contributed by atoms with Gasteiger partial charge in [0.2, 0.25) is 5.91 Å². The Morgan fingerprint density at radius 3 is 2.54 bits per heavy atom. The lowest BCUT2D eigenvalue weighted by molar-refractivity contribution is -0.146. The summed E-state index contributed by atoms with van der Waals surface area (Å²) in [5, 5.41) is 0. The van der Waals surface area contributed by atoms with E-state index in [0.29, 0.717) is 6.61 Å². The lowest BCUT2D eigenvalue weighted by atomic mass is 9.94. The number of ether oxygens (including phenoxy) is 1. The van der Waals surface area contributed by atoms with E-state index in [0.717, 1.165) is 13.1 Å². The minimum Gasteiger partial charge on any atom is -0.375 e. The molecule has 0 N–H and O–H groups in total. The van der Waals surface area contributed by atoms with Crippen LogP contribution in [-0.4, -0.2) is 36.6 Å². The third-order valence-corrected chi connectivity index (χ3v) is 2.17. The summed E-state index contributed by atoms with van der Waals surface area (Å²) in [5.74, 6) is 0.225. The van der Waals surface area contributed by atoms with Crippen LogP contribution < -0.4 is 0 Å². The number of carbonyl (C=O) groups is 1. The molecule has 1 aliphatic rings. The van der Waals surface area contributed by atoms with Crippen molar-refractivity contribution >= 4 is 5.91 Å². The average molecular weight is 185 g/mol. The van der Waals surface area contributed by atoms with Crippen LogP contribution in [0.25, 0.3) is 0 Å². The van der Waals surface area contributed by atoms with Gasteiger partial charge in [0.1, 0.15) is 0 Å². The van der Waals surface area contributed by atoms with Gasteiger partial charge in [0, 0.05) is 18.5 Å². The Hall–Kier alpha value is -0.570. The highest BCUT2D eigenvalue weighted by atomic mass is 16.5. The molecule has 0 aliphatic carbocycles. The van der Waals surface area contributed by atoms with Crippen LogP contribution in [0.5, 0.6) is 0 Å².